The summed E-state index contributed by atoms with van der Waals surface area (Å²) in [4.78, 5) is 23.3. The van der Waals surface area contributed by atoms with Gasteiger partial charge in [-0.05, 0) is 19.4 Å². The third kappa shape index (κ3) is 2.98. The van der Waals surface area contributed by atoms with Crippen LogP contribution in [-0.2, 0) is 4.79 Å². The fourth-order valence-electron chi connectivity index (χ4n) is 1.53. The molecule has 1 amide bonds. The minimum absolute atomic E-state index is 0.0743. The van der Waals surface area contributed by atoms with E-state index in [1.54, 1.807) is 6.92 Å². The molecular formula is C13H17FN2O4. The Morgan fingerprint density at radius 3 is 2.55 bits per heavy atom. The fourth-order valence-corrected chi connectivity index (χ4v) is 1.53. The summed E-state index contributed by atoms with van der Waals surface area (Å²) in [5.74, 6) is -2.62. The number of carboxylic acid groups (broad SMARTS) is 1. The number of carbonyl (C=O) groups excluding carboxylic acids is 1. The molecule has 1 aromatic carbocycles. The van der Waals surface area contributed by atoms with Crippen molar-refractivity contribution in [1.82, 2.24) is 5.32 Å². The van der Waals surface area contributed by atoms with Gasteiger partial charge in [0, 0.05) is 6.07 Å². The summed E-state index contributed by atoms with van der Waals surface area (Å²) in [7, 11) is 1.31. The molecule has 0 heterocycles. The zero-order chi connectivity index (χ0) is 15.5. The van der Waals surface area contributed by atoms with Crippen molar-refractivity contribution >= 4 is 17.6 Å². The van der Waals surface area contributed by atoms with Gasteiger partial charge < -0.3 is 20.9 Å². The predicted octanol–water partition coefficient (Wildman–Crippen LogP) is 1.40. The van der Waals surface area contributed by atoms with E-state index in [1.807, 2.05) is 0 Å². The summed E-state index contributed by atoms with van der Waals surface area (Å²) >= 11 is 0. The van der Waals surface area contributed by atoms with Crippen LogP contribution in [0.3, 0.4) is 0 Å². The molecular weight excluding hydrogens is 267 g/mol. The second kappa shape index (κ2) is 5.77. The third-order valence-corrected chi connectivity index (χ3v) is 3.13. The molecule has 1 atom stereocenters. The van der Waals surface area contributed by atoms with E-state index < -0.39 is 23.2 Å². The van der Waals surface area contributed by atoms with Crippen LogP contribution in [0.15, 0.2) is 12.1 Å². The van der Waals surface area contributed by atoms with Crippen LogP contribution < -0.4 is 15.8 Å². The van der Waals surface area contributed by atoms with E-state index in [1.165, 1.54) is 20.1 Å². The van der Waals surface area contributed by atoms with E-state index in [0.717, 1.165) is 6.07 Å². The number of nitrogen functional groups attached to an aromatic ring is 1. The number of carbonyl (C=O) groups is 2. The molecule has 0 aliphatic carbocycles. The number of hydrogen-bond donors (Lipinski definition) is 3. The van der Waals surface area contributed by atoms with Gasteiger partial charge in [0.15, 0.2) is 0 Å². The lowest BCUT2D eigenvalue weighted by Gasteiger charge is -2.25. The first kappa shape index (κ1) is 15.7. The Balaban J connectivity index is 3.15. The number of amides is 1. The van der Waals surface area contributed by atoms with Crippen LogP contribution >= 0.6 is 0 Å². The van der Waals surface area contributed by atoms with E-state index in [0.29, 0.717) is 0 Å². The minimum atomic E-state index is -1.44. The van der Waals surface area contributed by atoms with Crippen molar-refractivity contribution < 1.29 is 23.8 Å². The summed E-state index contributed by atoms with van der Waals surface area (Å²) in [6.45, 7) is 2.99. The molecule has 0 saturated carbocycles. The quantitative estimate of drug-likeness (QED) is 0.709. The summed E-state index contributed by atoms with van der Waals surface area (Å²) in [5.41, 5.74) is 3.67. The SMILES string of the molecule is CC[C@@](C)(NC(=O)c1cc(F)c(N)cc1OC)C(=O)O. The zero-order valence-corrected chi connectivity index (χ0v) is 11.5. The Hall–Kier alpha value is -2.31. The Morgan fingerprint density at radius 2 is 2.10 bits per heavy atom. The Morgan fingerprint density at radius 1 is 1.50 bits per heavy atom. The highest BCUT2D eigenvalue weighted by molar-refractivity contribution is 6.00. The topological polar surface area (TPSA) is 102 Å². The summed E-state index contributed by atoms with van der Waals surface area (Å²) in [6.07, 6.45) is 0.174. The first-order valence-electron chi connectivity index (χ1n) is 5.94. The monoisotopic (exact) mass is 284 g/mol. The molecule has 7 heteroatoms. The number of benzene rings is 1. The van der Waals surface area contributed by atoms with Crippen molar-refractivity contribution in [2.45, 2.75) is 25.8 Å². The van der Waals surface area contributed by atoms with E-state index in [9.17, 15) is 14.0 Å². The molecule has 0 unspecified atom stereocenters. The van der Waals surface area contributed by atoms with E-state index >= 15 is 0 Å². The lowest BCUT2D eigenvalue weighted by atomic mass is 9.98. The number of carboxylic acids is 1. The van der Waals surface area contributed by atoms with E-state index in [-0.39, 0.29) is 23.4 Å². The number of halogens is 1. The molecule has 0 spiro atoms. The van der Waals surface area contributed by atoms with E-state index in [2.05, 4.69) is 5.32 Å². The van der Waals surface area contributed by atoms with Gasteiger partial charge in [0.1, 0.15) is 17.1 Å². The normalized spacial score (nSPS) is 13.4. The van der Waals surface area contributed by atoms with Gasteiger partial charge in [0.05, 0.1) is 18.4 Å². The highest BCUT2D eigenvalue weighted by atomic mass is 19.1. The molecule has 6 nitrogen and oxygen atoms in total. The molecule has 20 heavy (non-hydrogen) atoms. The zero-order valence-electron chi connectivity index (χ0n) is 11.5. The summed E-state index contributed by atoms with van der Waals surface area (Å²) in [6, 6.07) is 2.09. The van der Waals surface area contributed by atoms with Crippen molar-refractivity contribution in [3.63, 3.8) is 0 Å². The molecule has 0 aromatic heterocycles. The first-order chi connectivity index (χ1) is 9.25. The number of rotatable bonds is 5. The maximum absolute atomic E-state index is 13.5. The van der Waals surface area contributed by atoms with Gasteiger partial charge in [-0.2, -0.15) is 0 Å². The molecule has 0 saturated heterocycles. The van der Waals surface area contributed by atoms with Crippen molar-refractivity contribution in [2.24, 2.45) is 0 Å². The highest BCUT2D eigenvalue weighted by Crippen LogP contribution is 2.25. The van der Waals surface area contributed by atoms with Crippen molar-refractivity contribution in [3.8, 4) is 5.75 Å². The van der Waals surface area contributed by atoms with Crippen LogP contribution in [0.2, 0.25) is 0 Å². The van der Waals surface area contributed by atoms with Gasteiger partial charge in [0.2, 0.25) is 0 Å². The Labute approximate surface area is 115 Å². The lowest BCUT2D eigenvalue weighted by molar-refractivity contribution is -0.143. The van der Waals surface area contributed by atoms with Crippen LogP contribution in [0, 0.1) is 5.82 Å². The van der Waals surface area contributed by atoms with Crippen LogP contribution in [0.1, 0.15) is 30.6 Å². The number of hydrogen-bond acceptors (Lipinski definition) is 4. The third-order valence-electron chi connectivity index (χ3n) is 3.13. The van der Waals surface area contributed by atoms with Crippen molar-refractivity contribution in [2.75, 3.05) is 12.8 Å². The van der Waals surface area contributed by atoms with Crippen LogP contribution in [-0.4, -0.2) is 29.6 Å². The Bertz CT molecular complexity index is 547. The molecule has 1 aromatic rings. The smallest absolute Gasteiger partial charge is 0.329 e. The Kier molecular flexibility index (Phi) is 4.54. The molecule has 1 rings (SSSR count). The standard InChI is InChI=1S/C13H17FN2O4/c1-4-13(2,12(18)19)16-11(17)7-5-8(14)9(15)6-10(7)20-3/h5-6H,4,15H2,1-3H3,(H,16,17)(H,18,19)/t13-/m1/s1. The molecule has 0 bridgehead atoms. The summed E-state index contributed by atoms with van der Waals surface area (Å²) in [5, 5.41) is 11.5. The average molecular weight is 284 g/mol. The molecule has 0 radical (unpaired) electrons. The van der Waals surface area contributed by atoms with E-state index in [4.69, 9.17) is 15.6 Å². The second-order valence-corrected chi connectivity index (χ2v) is 4.52. The number of ether oxygens (including phenoxy) is 1. The number of nitrogens with two attached hydrogens (primary N) is 1. The molecule has 0 fully saturated rings. The maximum Gasteiger partial charge on any atom is 0.329 e. The largest absolute Gasteiger partial charge is 0.496 e. The maximum atomic E-state index is 13.5. The molecule has 0 aliphatic heterocycles. The molecule has 110 valence electrons. The predicted molar refractivity (Wildman–Crippen MR) is 71.2 cm³/mol. The van der Waals surface area contributed by atoms with Gasteiger partial charge in [-0.15, -0.1) is 0 Å². The van der Waals surface area contributed by atoms with Gasteiger partial charge in [0.25, 0.3) is 5.91 Å². The fraction of sp³-hybridized carbons (Fsp3) is 0.385. The van der Waals surface area contributed by atoms with Gasteiger partial charge in [-0.25, -0.2) is 9.18 Å². The van der Waals surface area contributed by atoms with Crippen LogP contribution in [0.4, 0.5) is 10.1 Å². The van der Waals surface area contributed by atoms with Gasteiger partial charge >= 0.3 is 5.97 Å². The first-order valence-corrected chi connectivity index (χ1v) is 5.94. The van der Waals surface area contributed by atoms with Crippen molar-refractivity contribution in [3.05, 3.63) is 23.5 Å². The molecule has 0 aliphatic rings. The number of methoxy groups -OCH3 is 1. The highest BCUT2D eigenvalue weighted by Gasteiger charge is 2.33. The lowest BCUT2D eigenvalue weighted by Crippen LogP contribution is -2.51. The van der Waals surface area contributed by atoms with Gasteiger partial charge in [-0.1, -0.05) is 6.92 Å². The molecule has 4 N–H and O–H groups in total. The van der Waals surface area contributed by atoms with Crippen LogP contribution in [0.5, 0.6) is 5.75 Å². The average Bonchev–Trinajstić information content (AvgIpc) is 2.40. The number of aliphatic carboxylic acids is 1. The second-order valence-electron chi connectivity index (χ2n) is 4.52. The van der Waals surface area contributed by atoms with Crippen molar-refractivity contribution in [1.29, 1.82) is 0 Å². The number of nitrogens with one attached hydrogen (secondary N) is 1. The number of anilines is 1. The minimum Gasteiger partial charge on any atom is -0.496 e. The van der Waals surface area contributed by atoms with Crippen LogP contribution in [0.25, 0.3) is 0 Å². The van der Waals surface area contributed by atoms with Gasteiger partial charge in [-0.3, -0.25) is 4.79 Å². The summed E-state index contributed by atoms with van der Waals surface area (Å²) < 4.78 is 18.4.